The summed E-state index contributed by atoms with van der Waals surface area (Å²) in [6, 6.07) is 5.42. The van der Waals surface area contributed by atoms with E-state index in [9.17, 15) is 9.59 Å². The lowest BCUT2D eigenvalue weighted by Gasteiger charge is -2.38. The second-order valence-electron chi connectivity index (χ2n) is 10.7. The summed E-state index contributed by atoms with van der Waals surface area (Å²) in [5.74, 6) is -0.119. The van der Waals surface area contributed by atoms with E-state index >= 15 is 0 Å². The third-order valence-corrected chi connectivity index (χ3v) is 6.24. The van der Waals surface area contributed by atoms with Crippen molar-refractivity contribution in [1.82, 2.24) is 9.80 Å². The fourth-order valence-corrected chi connectivity index (χ4v) is 3.76. The van der Waals surface area contributed by atoms with Gasteiger partial charge >= 0.3 is 13.2 Å². The van der Waals surface area contributed by atoms with E-state index in [-0.39, 0.29) is 5.91 Å². The topological polar surface area (TPSA) is 68.3 Å². The number of hydrogen-bond donors (Lipinski definition) is 0. The van der Waals surface area contributed by atoms with Crippen LogP contribution in [0, 0.1) is 0 Å². The fraction of sp³-hybridized carbons (Fsp3) is 0.652. The summed E-state index contributed by atoms with van der Waals surface area (Å²) >= 11 is 0. The molecule has 1 saturated heterocycles. The van der Waals surface area contributed by atoms with Gasteiger partial charge in [-0.3, -0.25) is 9.69 Å². The number of benzene rings is 1. The zero-order valence-corrected chi connectivity index (χ0v) is 20.2. The first-order valence-electron chi connectivity index (χ1n) is 10.8. The number of likely N-dealkylation sites (N-methyl/N-ethyl adjacent to an activating group) is 1. The molecule has 0 aromatic heterocycles. The molecule has 0 bridgehead atoms. The minimum Gasteiger partial charge on any atom is -0.444 e. The van der Waals surface area contributed by atoms with Gasteiger partial charge in [-0.05, 0) is 65.1 Å². The standard InChI is InChI=1S/C23H35BN2O5/c1-21(2,3)29-20(28)26-14-16-12-17(24-30-22(4,5)23(6,7)31-24)11-10-15(16)13-18(26)19(27)25(8)9/h10-12,18H,13-14H2,1-9H3/t18-/m1/s1. The number of carbonyl (C=O) groups excluding carboxylic acids is 2. The molecule has 170 valence electrons. The predicted molar refractivity (Wildman–Crippen MR) is 120 cm³/mol. The molecule has 0 spiro atoms. The molecule has 2 aliphatic rings. The molecule has 0 N–H and O–H groups in total. The van der Waals surface area contributed by atoms with Gasteiger partial charge in [-0.1, -0.05) is 18.2 Å². The van der Waals surface area contributed by atoms with Crippen LogP contribution in [0.25, 0.3) is 0 Å². The molecule has 2 heterocycles. The minimum atomic E-state index is -0.645. The minimum absolute atomic E-state index is 0.119. The second-order valence-corrected chi connectivity index (χ2v) is 10.7. The Kier molecular flexibility index (Phi) is 5.95. The van der Waals surface area contributed by atoms with Gasteiger partial charge in [0.25, 0.3) is 0 Å². The molecule has 0 unspecified atom stereocenters. The van der Waals surface area contributed by atoms with Crippen LogP contribution in [0.1, 0.15) is 59.6 Å². The molecule has 2 aliphatic heterocycles. The molecule has 1 aromatic rings. The molecule has 1 aromatic carbocycles. The van der Waals surface area contributed by atoms with E-state index in [2.05, 4.69) is 0 Å². The maximum atomic E-state index is 13.0. The van der Waals surface area contributed by atoms with E-state index in [1.807, 2.05) is 66.7 Å². The smallest absolute Gasteiger partial charge is 0.444 e. The number of amides is 2. The van der Waals surface area contributed by atoms with Crippen molar-refractivity contribution in [2.75, 3.05) is 14.1 Å². The summed E-state index contributed by atoms with van der Waals surface area (Å²) in [6.07, 6.45) is -0.0470. The Hall–Kier alpha value is -2.06. The first kappa shape index (κ1) is 23.6. The van der Waals surface area contributed by atoms with E-state index in [1.54, 1.807) is 14.1 Å². The molecule has 1 atom stereocenters. The summed E-state index contributed by atoms with van der Waals surface area (Å²) in [5, 5.41) is 0. The van der Waals surface area contributed by atoms with Crippen molar-refractivity contribution in [2.45, 2.75) is 84.3 Å². The first-order valence-corrected chi connectivity index (χ1v) is 10.8. The number of fused-ring (bicyclic) bond motifs is 1. The largest absolute Gasteiger partial charge is 0.494 e. The van der Waals surface area contributed by atoms with Gasteiger partial charge in [-0.2, -0.15) is 0 Å². The van der Waals surface area contributed by atoms with Gasteiger partial charge in [0.15, 0.2) is 0 Å². The molecular formula is C23H35BN2O5. The summed E-state index contributed by atoms with van der Waals surface area (Å²) < 4.78 is 18.0. The van der Waals surface area contributed by atoms with Crippen molar-refractivity contribution in [3.63, 3.8) is 0 Å². The van der Waals surface area contributed by atoms with Crippen LogP contribution in [0.15, 0.2) is 18.2 Å². The first-order chi connectivity index (χ1) is 14.1. The Morgan fingerprint density at radius 3 is 2.19 bits per heavy atom. The number of carbonyl (C=O) groups is 2. The lowest BCUT2D eigenvalue weighted by Crippen LogP contribution is -2.53. The quantitative estimate of drug-likeness (QED) is 0.675. The van der Waals surface area contributed by atoms with Crippen LogP contribution < -0.4 is 5.46 Å². The Balaban J connectivity index is 1.92. The van der Waals surface area contributed by atoms with Gasteiger partial charge in [0, 0.05) is 20.5 Å². The van der Waals surface area contributed by atoms with Gasteiger partial charge in [0.2, 0.25) is 5.91 Å². The van der Waals surface area contributed by atoms with Crippen molar-refractivity contribution in [3.8, 4) is 0 Å². The van der Waals surface area contributed by atoms with Crippen LogP contribution in [-0.2, 0) is 31.8 Å². The molecule has 8 heteroatoms. The van der Waals surface area contributed by atoms with Crippen LogP contribution in [0.5, 0.6) is 0 Å². The summed E-state index contributed by atoms with van der Waals surface area (Å²) in [7, 11) is 2.92. The highest BCUT2D eigenvalue weighted by molar-refractivity contribution is 6.62. The molecule has 0 radical (unpaired) electrons. The second kappa shape index (κ2) is 7.82. The fourth-order valence-electron chi connectivity index (χ4n) is 3.76. The van der Waals surface area contributed by atoms with Crippen molar-refractivity contribution >= 4 is 24.6 Å². The summed E-state index contributed by atoms with van der Waals surface area (Å²) in [4.78, 5) is 28.9. The van der Waals surface area contributed by atoms with Crippen LogP contribution >= 0.6 is 0 Å². The van der Waals surface area contributed by atoms with E-state index in [1.165, 1.54) is 9.80 Å². The highest BCUT2D eigenvalue weighted by Crippen LogP contribution is 2.37. The van der Waals surface area contributed by atoms with Gasteiger partial charge in [-0.25, -0.2) is 4.79 Å². The third kappa shape index (κ3) is 4.75. The Labute approximate surface area is 186 Å². The van der Waals surface area contributed by atoms with Crippen molar-refractivity contribution in [1.29, 1.82) is 0 Å². The normalized spacial score (nSPS) is 22.2. The number of ether oxygens (including phenoxy) is 1. The maximum absolute atomic E-state index is 13.0. The number of nitrogens with zero attached hydrogens (tertiary/aromatic N) is 2. The van der Waals surface area contributed by atoms with E-state index in [0.717, 1.165) is 16.6 Å². The number of rotatable bonds is 2. The number of hydrogen-bond acceptors (Lipinski definition) is 5. The predicted octanol–water partition coefficient (Wildman–Crippen LogP) is 2.74. The lowest BCUT2D eigenvalue weighted by molar-refractivity contribution is -0.135. The lowest BCUT2D eigenvalue weighted by atomic mass is 9.76. The molecule has 31 heavy (non-hydrogen) atoms. The molecular weight excluding hydrogens is 395 g/mol. The highest BCUT2D eigenvalue weighted by atomic mass is 16.7. The van der Waals surface area contributed by atoms with Crippen LogP contribution in [0.4, 0.5) is 4.79 Å². The average Bonchev–Trinajstić information content (AvgIpc) is 2.85. The van der Waals surface area contributed by atoms with Crippen molar-refractivity contribution in [2.24, 2.45) is 0 Å². The summed E-state index contributed by atoms with van der Waals surface area (Å²) in [6.45, 7) is 13.8. The SMILES string of the molecule is CN(C)C(=O)[C@H]1Cc2ccc(B3OC(C)(C)C(C)(C)O3)cc2CN1C(=O)OC(C)(C)C. The molecule has 2 amide bonds. The monoisotopic (exact) mass is 430 g/mol. The zero-order chi connectivity index (χ0) is 23.4. The highest BCUT2D eigenvalue weighted by Gasteiger charge is 2.52. The molecule has 0 aliphatic carbocycles. The van der Waals surface area contributed by atoms with Gasteiger partial charge in [0.1, 0.15) is 11.6 Å². The van der Waals surface area contributed by atoms with Crippen molar-refractivity contribution in [3.05, 3.63) is 29.3 Å². The van der Waals surface area contributed by atoms with Gasteiger partial charge in [-0.15, -0.1) is 0 Å². The molecule has 3 rings (SSSR count). The average molecular weight is 430 g/mol. The van der Waals surface area contributed by atoms with Crippen LogP contribution in [0.2, 0.25) is 0 Å². The van der Waals surface area contributed by atoms with Gasteiger partial charge in [0.05, 0.1) is 17.7 Å². The third-order valence-electron chi connectivity index (χ3n) is 6.24. The Bertz CT molecular complexity index is 859. The maximum Gasteiger partial charge on any atom is 0.494 e. The van der Waals surface area contributed by atoms with E-state index in [0.29, 0.717) is 13.0 Å². The van der Waals surface area contributed by atoms with Gasteiger partial charge < -0.3 is 18.9 Å². The van der Waals surface area contributed by atoms with Crippen LogP contribution in [0.3, 0.4) is 0 Å². The van der Waals surface area contributed by atoms with Crippen LogP contribution in [-0.4, -0.2) is 65.9 Å². The van der Waals surface area contributed by atoms with Crippen molar-refractivity contribution < 1.29 is 23.6 Å². The Morgan fingerprint density at radius 2 is 1.68 bits per heavy atom. The zero-order valence-electron chi connectivity index (χ0n) is 20.2. The van der Waals surface area contributed by atoms with E-state index in [4.69, 9.17) is 14.0 Å². The Morgan fingerprint density at radius 1 is 1.10 bits per heavy atom. The molecule has 7 nitrogen and oxygen atoms in total. The molecule has 0 saturated carbocycles. The van der Waals surface area contributed by atoms with E-state index < -0.39 is 36.1 Å². The summed E-state index contributed by atoms with van der Waals surface area (Å²) in [5.41, 5.74) is 1.41. The molecule has 1 fully saturated rings.